The Labute approximate surface area is 193 Å². The van der Waals surface area contributed by atoms with Gasteiger partial charge in [-0.2, -0.15) is 0 Å². The molecule has 32 heavy (non-hydrogen) atoms. The van der Waals surface area contributed by atoms with Crippen molar-refractivity contribution in [2.24, 2.45) is 11.8 Å². The van der Waals surface area contributed by atoms with E-state index in [1.807, 2.05) is 0 Å². The van der Waals surface area contributed by atoms with Crippen LogP contribution in [0.5, 0.6) is 0 Å². The van der Waals surface area contributed by atoms with Crippen LogP contribution in [-0.2, 0) is 0 Å². The lowest BCUT2D eigenvalue weighted by atomic mass is 9.72. The van der Waals surface area contributed by atoms with Gasteiger partial charge in [-0.15, -0.1) is 0 Å². The van der Waals surface area contributed by atoms with Crippen molar-refractivity contribution in [3.8, 4) is 11.1 Å². The van der Waals surface area contributed by atoms with Crippen LogP contribution in [-0.4, -0.2) is 8.80 Å². The number of hydrogen-bond donors (Lipinski definition) is 0. The first-order valence-corrected chi connectivity index (χ1v) is 15.2. The Balaban J connectivity index is 1.32. The van der Waals surface area contributed by atoms with Crippen molar-refractivity contribution in [2.45, 2.75) is 88.8 Å². The second kappa shape index (κ2) is 11.0. The van der Waals surface area contributed by atoms with Gasteiger partial charge in [0.05, 0.1) is 5.56 Å². The minimum atomic E-state index is -0.542. The fraction of sp³-hybridized carbons (Fsp3) is 0.571. The molecule has 0 N–H and O–H groups in total. The molecule has 1 saturated heterocycles. The van der Waals surface area contributed by atoms with E-state index in [0.29, 0.717) is 5.56 Å². The van der Waals surface area contributed by atoms with Gasteiger partial charge in [0.15, 0.2) is 0 Å². The Morgan fingerprint density at radius 3 is 1.97 bits per heavy atom. The minimum Gasteiger partial charge on any atom is -0.207 e. The Morgan fingerprint density at radius 2 is 1.38 bits per heavy atom. The summed E-state index contributed by atoms with van der Waals surface area (Å²) < 4.78 is 42.8. The summed E-state index contributed by atoms with van der Waals surface area (Å²) >= 11 is 0. The molecule has 174 valence electrons. The van der Waals surface area contributed by atoms with Crippen molar-refractivity contribution in [1.82, 2.24) is 0 Å². The molecule has 0 spiro atoms. The fourth-order valence-electron chi connectivity index (χ4n) is 6.28. The number of unbranched alkanes of at least 4 members (excludes halogenated alkanes) is 2. The third-order valence-electron chi connectivity index (χ3n) is 8.21. The van der Waals surface area contributed by atoms with Crippen molar-refractivity contribution in [3.63, 3.8) is 0 Å². The summed E-state index contributed by atoms with van der Waals surface area (Å²) in [6, 6.07) is 13.0. The first-order chi connectivity index (χ1) is 15.5. The summed E-state index contributed by atoms with van der Waals surface area (Å²) in [5.74, 6) is 0.456. The van der Waals surface area contributed by atoms with E-state index in [9.17, 15) is 13.2 Å². The van der Waals surface area contributed by atoms with Gasteiger partial charge in [0.1, 0.15) is 17.5 Å². The van der Waals surface area contributed by atoms with Gasteiger partial charge in [-0.3, -0.25) is 0 Å². The summed E-state index contributed by atoms with van der Waals surface area (Å²) in [6.07, 6.45) is 11.5. The van der Waals surface area contributed by atoms with Gasteiger partial charge in [0.2, 0.25) is 0 Å². The molecular weight excluding hydrogens is 421 g/mol. The average Bonchev–Trinajstić information content (AvgIpc) is 2.81. The van der Waals surface area contributed by atoms with Crippen molar-refractivity contribution < 1.29 is 13.2 Å². The summed E-state index contributed by atoms with van der Waals surface area (Å²) in [6.45, 7) is 2.29. The first-order valence-electron chi connectivity index (χ1n) is 12.8. The van der Waals surface area contributed by atoms with Crippen molar-refractivity contribution in [2.75, 3.05) is 0 Å². The number of benzene rings is 2. The zero-order chi connectivity index (χ0) is 22.5. The zero-order valence-corrected chi connectivity index (χ0v) is 20.5. The maximum atomic E-state index is 14.8. The third-order valence-corrected chi connectivity index (χ3v) is 11.7. The van der Waals surface area contributed by atoms with Gasteiger partial charge in [0, 0.05) is 8.80 Å². The lowest BCUT2D eigenvalue weighted by molar-refractivity contribution is 0.216. The molecule has 0 nitrogen and oxygen atoms in total. The van der Waals surface area contributed by atoms with Gasteiger partial charge in [-0.05, 0) is 78.8 Å². The standard InChI is InChI=1S/C28H37F3Si/c1-2-3-4-15-32-16-13-22(14-17-32)20-5-7-21(8-6-20)24-18-26(30)28(27(31)19-24)23-9-11-25(29)12-10-23/h9-12,18-22,32H,2-8,13-17H2,1H3. The van der Waals surface area contributed by atoms with Crippen LogP contribution in [0, 0.1) is 29.3 Å². The van der Waals surface area contributed by atoms with Crippen LogP contribution in [0.15, 0.2) is 36.4 Å². The van der Waals surface area contributed by atoms with Gasteiger partial charge < -0.3 is 0 Å². The van der Waals surface area contributed by atoms with E-state index in [1.165, 1.54) is 93.4 Å². The molecular formula is C28H37F3Si. The van der Waals surface area contributed by atoms with Crippen LogP contribution >= 0.6 is 0 Å². The summed E-state index contributed by atoms with van der Waals surface area (Å²) in [5.41, 5.74) is 1.11. The highest BCUT2D eigenvalue weighted by Crippen LogP contribution is 2.44. The van der Waals surface area contributed by atoms with Crippen LogP contribution in [0.2, 0.25) is 18.1 Å². The molecule has 2 aromatic rings. The summed E-state index contributed by atoms with van der Waals surface area (Å²) in [7, 11) is -0.461. The largest absolute Gasteiger partial charge is 0.207 e. The molecule has 2 aromatic carbocycles. The van der Waals surface area contributed by atoms with E-state index in [0.717, 1.165) is 30.2 Å². The predicted molar refractivity (Wildman–Crippen MR) is 130 cm³/mol. The summed E-state index contributed by atoms with van der Waals surface area (Å²) in [5, 5.41) is 0. The fourth-order valence-corrected chi connectivity index (χ4v) is 9.81. The van der Waals surface area contributed by atoms with Gasteiger partial charge >= 0.3 is 0 Å². The Bertz CT molecular complexity index is 840. The molecule has 1 saturated carbocycles. The molecule has 0 radical (unpaired) electrons. The molecule has 0 atom stereocenters. The van der Waals surface area contributed by atoms with Crippen molar-refractivity contribution in [3.05, 3.63) is 59.4 Å². The van der Waals surface area contributed by atoms with E-state index in [2.05, 4.69) is 6.92 Å². The highest BCUT2D eigenvalue weighted by molar-refractivity contribution is 6.58. The highest BCUT2D eigenvalue weighted by Gasteiger charge is 2.32. The molecule has 4 heteroatoms. The smallest absolute Gasteiger partial charge is 0.134 e. The molecule has 0 bridgehead atoms. The van der Waals surface area contributed by atoms with Gasteiger partial charge in [-0.1, -0.05) is 69.3 Å². The monoisotopic (exact) mass is 458 g/mol. The third kappa shape index (κ3) is 5.68. The Morgan fingerprint density at radius 1 is 0.781 bits per heavy atom. The molecule has 2 aliphatic rings. The molecule has 0 aromatic heterocycles. The number of hydrogen-bond acceptors (Lipinski definition) is 0. The van der Waals surface area contributed by atoms with E-state index in [-0.39, 0.29) is 11.5 Å². The van der Waals surface area contributed by atoms with Crippen LogP contribution in [0.3, 0.4) is 0 Å². The molecule has 1 aliphatic carbocycles. The van der Waals surface area contributed by atoms with Crippen molar-refractivity contribution >= 4 is 8.80 Å². The van der Waals surface area contributed by atoms with Gasteiger partial charge in [0.25, 0.3) is 0 Å². The van der Waals surface area contributed by atoms with Crippen LogP contribution in [0.25, 0.3) is 11.1 Å². The van der Waals surface area contributed by atoms with Crippen molar-refractivity contribution in [1.29, 1.82) is 0 Å². The molecule has 1 aliphatic heterocycles. The minimum absolute atomic E-state index is 0.0534. The quantitative estimate of drug-likeness (QED) is 0.287. The van der Waals surface area contributed by atoms with Crippen LogP contribution in [0.1, 0.15) is 76.2 Å². The summed E-state index contributed by atoms with van der Waals surface area (Å²) in [4.78, 5) is 0. The van der Waals surface area contributed by atoms with Crippen LogP contribution in [0.4, 0.5) is 13.2 Å². The molecule has 0 unspecified atom stereocenters. The van der Waals surface area contributed by atoms with Gasteiger partial charge in [-0.25, -0.2) is 13.2 Å². The topological polar surface area (TPSA) is 0 Å². The van der Waals surface area contributed by atoms with Crippen LogP contribution < -0.4 is 0 Å². The molecule has 2 fully saturated rings. The average molecular weight is 459 g/mol. The van der Waals surface area contributed by atoms with E-state index in [1.54, 1.807) is 6.04 Å². The first kappa shape index (κ1) is 23.6. The number of halogens is 3. The van der Waals surface area contributed by atoms with E-state index in [4.69, 9.17) is 0 Å². The lowest BCUT2D eigenvalue weighted by Crippen LogP contribution is -2.28. The maximum absolute atomic E-state index is 14.8. The maximum Gasteiger partial charge on any atom is 0.134 e. The lowest BCUT2D eigenvalue weighted by Gasteiger charge is -2.37. The van der Waals surface area contributed by atoms with E-state index >= 15 is 0 Å². The second-order valence-corrected chi connectivity index (χ2v) is 13.7. The second-order valence-electron chi connectivity index (χ2n) is 10.3. The SMILES string of the molecule is CCCCC[SiH]1CCC(C2CCC(c3cc(F)c(-c4ccc(F)cc4)c(F)c3)CC2)CC1. The predicted octanol–water partition coefficient (Wildman–Crippen LogP) is 8.87. The Kier molecular flexibility index (Phi) is 8.15. The molecule has 1 heterocycles. The highest BCUT2D eigenvalue weighted by atomic mass is 28.3. The number of rotatable bonds is 7. The Hall–Kier alpha value is -1.55. The molecule has 0 amide bonds. The zero-order valence-electron chi connectivity index (χ0n) is 19.4. The normalized spacial score (nSPS) is 26.2. The molecule has 4 rings (SSSR count). The van der Waals surface area contributed by atoms with E-state index < -0.39 is 26.2 Å².